The first-order valence-electron chi connectivity index (χ1n) is 29.1. The summed E-state index contributed by atoms with van der Waals surface area (Å²) in [5.74, 6) is 0. The van der Waals surface area contributed by atoms with Crippen LogP contribution >= 0.6 is 0 Å². The molecule has 11 aromatic carbocycles. The third-order valence-electron chi connectivity index (χ3n) is 16.8. The van der Waals surface area contributed by atoms with Crippen LogP contribution in [0.25, 0.3) is 87.7 Å². The van der Waals surface area contributed by atoms with Gasteiger partial charge in [0, 0.05) is 61.4 Å². The molecule has 2 aromatic heterocycles. The fraction of sp³-hybridized carbons (Fsp3) is 0.205. The monoisotopic (exact) mass is 1070 g/mol. The zero-order chi connectivity index (χ0) is 57.0. The van der Waals surface area contributed by atoms with E-state index in [1.54, 1.807) is 0 Å². The van der Waals surface area contributed by atoms with E-state index in [2.05, 4.69) is 311 Å². The highest BCUT2D eigenvalue weighted by atomic mass is 16.3. The number of benzene rings is 11. The Balaban J connectivity index is 1.02. The molecular weight excluding hydrogens is 997 g/mol. The standard InChI is InChI=1S/C78H72N2O2/c1-75(2,3)55-25-35-59(36-26-55)79(60-37-27-56(28-38-60)76(4,5)6)63-33-23-51-45-65-67(47-53(51)43-63)82-74-71(65)69(49-19-15-13-16-20-49)70(50-21-17-14-18-22-50)73-72(74)66-46-52-24-34-64(44-54(52)48-68(66)81-73)80(61-39-29-57(30-40-61)77(7,8)9)62-41-31-58(32-42-62)78(10,11)12/h13-48H,1-12H3. The van der Waals surface area contributed by atoms with Crippen molar-refractivity contribution >= 4 is 99.5 Å². The van der Waals surface area contributed by atoms with Gasteiger partial charge >= 0.3 is 0 Å². The Hall–Kier alpha value is -8.86. The molecule has 0 bridgehead atoms. The molecule has 2 heterocycles. The summed E-state index contributed by atoms with van der Waals surface area (Å²) in [5, 5.41) is 8.55. The van der Waals surface area contributed by atoms with Crippen LogP contribution in [0.2, 0.25) is 0 Å². The topological polar surface area (TPSA) is 32.8 Å². The highest BCUT2D eigenvalue weighted by molar-refractivity contribution is 6.32. The summed E-state index contributed by atoms with van der Waals surface area (Å²) in [7, 11) is 0. The maximum absolute atomic E-state index is 7.39. The molecule has 0 N–H and O–H groups in total. The minimum Gasteiger partial charge on any atom is -0.455 e. The smallest absolute Gasteiger partial charge is 0.147 e. The van der Waals surface area contributed by atoms with Crippen molar-refractivity contribution in [1.29, 1.82) is 0 Å². The first-order valence-corrected chi connectivity index (χ1v) is 29.1. The SMILES string of the molecule is CC(C)(C)c1ccc(N(c2ccc(C(C)(C)C)cc2)c2ccc3cc4c(cc3c2)oc2c4c(-c3ccccc3)c(-c3ccccc3)c3oc4cc5cc(N(c6ccc(C(C)(C)C)cc6)c6ccc(C(C)(C)C)cc6)ccc5cc4c32)cc1. The van der Waals surface area contributed by atoms with E-state index in [0.717, 1.165) is 122 Å². The molecule has 0 saturated carbocycles. The average Bonchev–Trinajstić information content (AvgIpc) is 2.11. The van der Waals surface area contributed by atoms with Gasteiger partial charge in [0.05, 0.1) is 5.39 Å². The Morgan fingerprint density at radius 1 is 0.268 bits per heavy atom. The normalized spacial score (nSPS) is 12.6. The Labute approximate surface area is 483 Å². The molecule has 0 aliphatic carbocycles. The van der Waals surface area contributed by atoms with Crippen LogP contribution in [0.15, 0.2) is 227 Å². The van der Waals surface area contributed by atoms with Gasteiger partial charge in [-0.1, -0.05) is 204 Å². The summed E-state index contributed by atoms with van der Waals surface area (Å²) < 4.78 is 14.7. The van der Waals surface area contributed by atoms with Crippen LogP contribution in [0, 0.1) is 0 Å². The van der Waals surface area contributed by atoms with Crippen molar-refractivity contribution in [3.8, 4) is 22.3 Å². The number of hydrogen-bond donors (Lipinski definition) is 0. The fourth-order valence-corrected chi connectivity index (χ4v) is 12.1. The lowest BCUT2D eigenvalue weighted by Gasteiger charge is -2.28. The number of nitrogens with zero attached hydrogens (tertiary/aromatic N) is 2. The van der Waals surface area contributed by atoms with Crippen LogP contribution in [-0.2, 0) is 21.7 Å². The van der Waals surface area contributed by atoms with E-state index < -0.39 is 0 Å². The van der Waals surface area contributed by atoms with E-state index in [0.29, 0.717) is 0 Å². The van der Waals surface area contributed by atoms with Gasteiger partial charge in [0.15, 0.2) is 0 Å². The lowest BCUT2D eigenvalue weighted by atomic mass is 9.86. The van der Waals surface area contributed by atoms with Crippen LogP contribution in [-0.4, -0.2) is 0 Å². The second-order valence-electron chi connectivity index (χ2n) is 26.7. The quantitative estimate of drug-likeness (QED) is 0.152. The number of hydrogen-bond acceptors (Lipinski definition) is 4. The van der Waals surface area contributed by atoms with Gasteiger partial charge < -0.3 is 18.6 Å². The van der Waals surface area contributed by atoms with E-state index in [-0.39, 0.29) is 21.7 Å². The molecule has 13 aromatic rings. The predicted molar refractivity (Wildman–Crippen MR) is 351 cm³/mol. The highest BCUT2D eigenvalue weighted by Crippen LogP contribution is 2.52. The molecule has 0 radical (unpaired) electrons. The van der Waals surface area contributed by atoms with Crippen LogP contribution in [0.3, 0.4) is 0 Å². The zero-order valence-corrected chi connectivity index (χ0v) is 49.5. The molecule has 0 fully saturated rings. The molecule has 406 valence electrons. The second-order valence-corrected chi connectivity index (χ2v) is 26.7. The van der Waals surface area contributed by atoms with Crippen molar-refractivity contribution in [2.75, 3.05) is 9.80 Å². The molecule has 0 amide bonds. The van der Waals surface area contributed by atoms with Crippen molar-refractivity contribution in [3.05, 3.63) is 241 Å². The first-order chi connectivity index (χ1) is 39.2. The van der Waals surface area contributed by atoms with Gasteiger partial charge in [-0.15, -0.1) is 0 Å². The predicted octanol–water partition coefficient (Wildman–Crippen LogP) is 23.3. The maximum Gasteiger partial charge on any atom is 0.147 e. The highest BCUT2D eigenvalue weighted by Gasteiger charge is 2.28. The van der Waals surface area contributed by atoms with Crippen molar-refractivity contribution < 1.29 is 8.83 Å². The molecule has 0 atom stereocenters. The van der Waals surface area contributed by atoms with E-state index in [9.17, 15) is 0 Å². The van der Waals surface area contributed by atoms with E-state index in [1.165, 1.54) is 22.3 Å². The lowest BCUT2D eigenvalue weighted by molar-refractivity contribution is 0.590. The molecule has 13 rings (SSSR count). The van der Waals surface area contributed by atoms with Gasteiger partial charge in [-0.3, -0.25) is 0 Å². The van der Waals surface area contributed by atoms with Crippen LogP contribution < -0.4 is 9.80 Å². The summed E-state index contributed by atoms with van der Waals surface area (Å²) >= 11 is 0. The first kappa shape index (κ1) is 52.5. The fourth-order valence-electron chi connectivity index (χ4n) is 12.1. The molecule has 0 aliphatic rings. The van der Waals surface area contributed by atoms with Gasteiger partial charge in [0.25, 0.3) is 0 Å². The summed E-state index contributed by atoms with van der Waals surface area (Å²) in [6.45, 7) is 27.2. The van der Waals surface area contributed by atoms with Crippen molar-refractivity contribution in [2.45, 2.75) is 105 Å². The number of fused-ring (bicyclic) bond motifs is 9. The molecule has 0 aliphatic heterocycles. The van der Waals surface area contributed by atoms with E-state index in [1.807, 2.05) is 0 Å². The Bertz CT molecular complexity index is 4420. The number of rotatable bonds is 8. The second kappa shape index (κ2) is 19.4. The molecular formula is C78H72N2O2. The van der Waals surface area contributed by atoms with Gasteiger partial charge in [0.2, 0.25) is 0 Å². The van der Waals surface area contributed by atoms with Gasteiger partial charge in [0.1, 0.15) is 22.3 Å². The number of anilines is 6. The maximum atomic E-state index is 7.39. The van der Waals surface area contributed by atoms with E-state index in [4.69, 9.17) is 8.83 Å². The average molecular weight is 1070 g/mol. The molecule has 0 unspecified atom stereocenters. The minimum atomic E-state index is 0.0375. The number of furan rings is 2. The van der Waals surface area contributed by atoms with Crippen LogP contribution in [0.4, 0.5) is 34.1 Å². The van der Waals surface area contributed by atoms with Crippen molar-refractivity contribution in [2.24, 2.45) is 0 Å². The largest absolute Gasteiger partial charge is 0.455 e. The van der Waals surface area contributed by atoms with Gasteiger partial charge in [-0.25, -0.2) is 0 Å². The lowest BCUT2D eigenvalue weighted by Crippen LogP contribution is -2.14. The van der Waals surface area contributed by atoms with Crippen molar-refractivity contribution in [1.82, 2.24) is 0 Å². The third kappa shape index (κ3) is 9.38. The molecule has 0 spiro atoms. The van der Waals surface area contributed by atoms with Crippen LogP contribution in [0.5, 0.6) is 0 Å². The minimum absolute atomic E-state index is 0.0375. The summed E-state index contributed by atoms with van der Waals surface area (Å²) in [6.07, 6.45) is 0. The third-order valence-corrected chi connectivity index (χ3v) is 16.8. The molecule has 82 heavy (non-hydrogen) atoms. The zero-order valence-electron chi connectivity index (χ0n) is 49.5. The summed E-state index contributed by atoms with van der Waals surface area (Å²) in [4.78, 5) is 4.75. The van der Waals surface area contributed by atoms with Gasteiger partial charge in [-0.05, 0) is 174 Å². The molecule has 0 saturated heterocycles. The molecule has 4 heteroatoms. The summed E-state index contributed by atoms with van der Waals surface area (Å²) in [6, 6.07) is 80.6. The van der Waals surface area contributed by atoms with Crippen LogP contribution in [0.1, 0.15) is 105 Å². The summed E-state index contributed by atoms with van der Waals surface area (Å²) in [5.41, 5.74) is 19.5. The Morgan fingerprint density at radius 2 is 0.585 bits per heavy atom. The van der Waals surface area contributed by atoms with Crippen molar-refractivity contribution in [3.63, 3.8) is 0 Å². The Morgan fingerprint density at radius 3 is 0.939 bits per heavy atom. The Kier molecular flexibility index (Phi) is 12.4. The molecule has 4 nitrogen and oxygen atoms in total. The van der Waals surface area contributed by atoms with Gasteiger partial charge in [-0.2, -0.15) is 0 Å². The van der Waals surface area contributed by atoms with E-state index >= 15 is 0 Å².